The molecule has 0 aliphatic rings. The molecule has 14 heavy (non-hydrogen) atoms. The number of nitrogens with zero attached hydrogens (tertiary/aromatic N) is 1. The second-order valence-electron chi connectivity index (χ2n) is 3.61. The van der Waals surface area contributed by atoms with Crippen LogP contribution in [-0.4, -0.2) is 50.8 Å². The van der Waals surface area contributed by atoms with Crippen molar-refractivity contribution in [3.8, 4) is 0 Å². The number of hydrogen-bond acceptors (Lipinski definition) is 3. The van der Waals surface area contributed by atoms with Gasteiger partial charge < -0.3 is 10.1 Å². The van der Waals surface area contributed by atoms with E-state index in [9.17, 15) is 0 Å². The van der Waals surface area contributed by atoms with Gasteiger partial charge in [-0.1, -0.05) is 13.8 Å². The molecule has 0 saturated carbocycles. The molecule has 0 amide bonds. The lowest BCUT2D eigenvalue weighted by Gasteiger charge is -2.27. The van der Waals surface area contributed by atoms with Gasteiger partial charge in [-0.3, -0.25) is 4.90 Å². The molecule has 1 atom stereocenters. The number of hydrogen-bond donors (Lipinski definition) is 1. The van der Waals surface area contributed by atoms with E-state index in [4.69, 9.17) is 4.74 Å². The summed E-state index contributed by atoms with van der Waals surface area (Å²) >= 11 is 0. The van der Waals surface area contributed by atoms with Gasteiger partial charge in [0.1, 0.15) is 0 Å². The molecule has 0 rings (SSSR count). The zero-order valence-electron chi connectivity index (χ0n) is 10.2. The Labute approximate surface area is 88.8 Å². The van der Waals surface area contributed by atoms with Crippen LogP contribution in [-0.2, 0) is 4.74 Å². The van der Waals surface area contributed by atoms with Gasteiger partial charge in [0.2, 0.25) is 0 Å². The first-order valence-electron chi connectivity index (χ1n) is 5.69. The van der Waals surface area contributed by atoms with Crippen molar-refractivity contribution >= 4 is 0 Å². The summed E-state index contributed by atoms with van der Waals surface area (Å²) in [6.07, 6.45) is 1.21. The molecule has 0 fully saturated rings. The van der Waals surface area contributed by atoms with Crippen LogP contribution in [0.2, 0.25) is 0 Å². The molecule has 0 bridgehead atoms. The minimum atomic E-state index is 0.647. The molecule has 86 valence electrons. The molecule has 0 aromatic carbocycles. The molecule has 0 aromatic rings. The highest BCUT2D eigenvalue weighted by Crippen LogP contribution is 2.02. The lowest BCUT2D eigenvalue weighted by atomic mass is 10.2. The third-order valence-corrected chi connectivity index (χ3v) is 2.60. The van der Waals surface area contributed by atoms with E-state index in [2.05, 4.69) is 31.0 Å². The number of rotatable bonds is 9. The first-order chi connectivity index (χ1) is 6.76. The Morgan fingerprint density at radius 2 is 2.07 bits per heavy atom. The Balaban J connectivity index is 3.61. The van der Waals surface area contributed by atoms with Gasteiger partial charge in [0.25, 0.3) is 0 Å². The largest absolute Gasteiger partial charge is 0.383 e. The fraction of sp³-hybridized carbons (Fsp3) is 1.00. The summed E-state index contributed by atoms with van der Waals surface area (Å²) in [5.41, 5.74) is 0. The average molecular weight is 202 g/mol. The minimum Gasteiger partial charge on any atom is -0.383 e. The lowest BCUT2D eigenvalue weighted by Crippen LogP contribution is -2.37. The Morgan fingerprint density at radius 3 is 2.57 bits per heavy atom. The molecule has 0 heterocycles. The highest BCUT2D eigenvalue weighted by molar-refractivity contribution is 4.66. The fourth-order valence-corrected chi connectivity index (χ4v) is 1.57. The molecule has 1 N–H and O–H groups in total. The topological polar surface area (TPSA) is 24.5 Å². The molecular weight excluding hydrogens is 176 g/mol. The lowest BCUT2D eigenvalue weighted by molar-refractivity contribution is 0.125. The summed E-state index contributed by atoms with van der Waals surface area (Å²) in [6, 6.07) is 0.647. The number of nitrogens with one attached hydrogen (secondary N) is 1. The molecule has 0 spiro atoms. The van der Waals surface area contributed by atoms with Crippen LogP contribution in [0.15, 0.2) is 0 Å². The van der Waals surface area contributed by atoms with E-state index in [0.717, 1.165) is 32.8 Å². The van der Waals surface area contributed by atoms with E-state index in [1.54, 1.807) is 7.11 Å². The van der Waals surface area contributed by atoms with E-state index in [1.165, 1.54) is 6.42 Å². The van der Waals surface area contributed by atoms with Crippen LogP contribution in [0.5, 0.6) is 0 Å². The third-order valence-electron chi connectivity index (χ3n) is 2.60. The predicted molar refractivity (Wildman–Crippen MR) is 61.7 cm³/mol. The summed E-state index contributed by atoms with van der Waals surface area (Å²) in [5.74, 6) is 0. The smallest absolute Gasteiger partial charge is 0.0589 e. The molecule has 0 aliphatic heterocycles. The van der Waals surface area contributed by atoms with Crippen LogP contribution in [0, 0.1) is 0 Å². The van der Waals surface area contributed by atoms with Crippen molar-refractivity contribution in [3.05, 3.63) is 0 Å². The zero-order valence-corrected chi connectivity index (χ0v) is 10.2. The molecule has 1 unspecified atom stereocenters. The van der Waals surface area contributed by atoms with Gasteiger partial charge in [-0.15, -0.1) is 0 Å². The highest BCUT2D eigenvalue weighted by atomic mass is 16.5. The summed E-state index contributed by atoms with van der Waals surface area (Å²) in [5, 5.41) is 3.36. The summed E-state index contributed by atoms with van der Waals surface area (Å²) in [4.78, 5) is 2.46. The maximum atomic E-state index is 5.09. The normalized spacial score (nSPS) is 13.5. The summed E-state index contributed by atoms with van der Waals surface area (Å²) in [6.45, 7) is 11.8. The first-order valence-corrected chi connectivity index (χ1v) is 5.69. The summed E-state index contributed by atoms with van der Waals surface area (Å²) in [7, 11) is 1.76. The van der Waals surface area contributed by atoms with Crippen LogP contribution < -0.4 is 5.32 Å². The van der Waals surface area contributed by atoms with E-state index < -0.39 is 0 Å². The second kappa shape index (κ2) is 9.44. The van der Waals surface area contributed by atoms with Crippen LogP contribution in [0.1, 0.15) is 27.2 Å². The van der Waals surface area contributed by atoms with E-state index in [-0.39, 0.29) is 0 Å². The Hall–Kier alpha value is -0.120. The van der Waals surface area contributed by atoms with E-state index in [1.807, 2.05) is 0 Å². The van der Waals surface area contributed by atoms with Crippen molar-refractivity contribution < 1.29 is 4.74 Å². The van der Waals surface area contributed by atoms with Crippen LogP contribution in [0.4, 0.5) is 0 Å². The van der Waals surface area contributed by atoms with Gasteiger partial charge in [-0.2, -0.15) is 0 Å². The van der Waals surface area contributed by atoms with Crippen molar-refractivity contribution in [2.75, 3.05) is 39.9 Å². The number of likely N-dealkylation sites (N-methyl/N-ethyl adjacent to an activating group) is 1. The predicted octanol–water partition coefficient (Wildman–Crippen LogP) is 1.34. The van der Waals surface area contributed by atoms with Gasteiger partial charge in [-0.25, -0.2) is 0 Å². The molecule has 3 heteroatoms. The molecule has 0 radical (unpaired) electrons. The monoisotopic (exact) mass is 202 g/mol. The summed E-state index contributed by atoms with van der Waals surface area (Å²) < 4.78 is 5.09. The van der Waals surface area contributed by atoms with Gasteiger partial charge >= 0.3 is 0 Å². The van der Waals surface area contributed by atoms with Crippen molar-refractivity contribution in [2.45, 2.75) is 33.2 Å². The van der Waals surface area contributed by atoms with Crippen molar-refractivity contribution in [3.63, 3.8) is 0 Å². The van der Waals surface area contributed by atoms with Crippen LogP contribution in [0.3, 0.4) is 0 Å². The van der Waals surface area contributed by atoms with Gasteiger partial charge in [-0.05, 0) is 33.0 Å². The molecule has 0 aliphatic carbocycles. The van der Waals surface area contributed by atoms with E-state index in [0.29, 0.717) is 6.04 Å². The van der Waals surface area contributed by atoms with Crippen molar-refractivity contribution in [2.24, 2.45) is 0 Å². The Kier molecular flexibility index (Phi) is 9.35. The number of methoxy groups -OCH3 is 1. The maximum Gasteiger partial charge on any atom is 0.0589 e. The molecule has 0 aromatic heterocycles. The SMILES string of the molecule is CCNCCC(C)N(CC)CCOC. The maximum absolute atomic E-state index is 5.09. The third kappa shape index (κ3) is 6.35. The molecule has 3 nitrogen and oxygen atoms in total. The fourth-order valence-electron chi connectivity index (χ4n) is 1.57. The van der Waals surface area contributed by atoms with Crippen molar-refractivity contribution in [1.82, 2.24) is 10.2 Å². The Bertz CT molecular complexity index is 120. The zero-order chi connectivity index (χ0) is 10.8. The minimum absolute atomic E-state index is 0.647. The van der Waals surface area contributed by atoms with Crippen molar-refractivity contribution in [1.29, 1.82) is 0 Å². The molecule has 0 saturated heterocycles. The quantitative estimate of drug-likeness (QED) is 0.571. The van der Waals surface area contributed by atoms with Gasteiger partial charge in [0, 0.05) is 19.7 Å². The standard InChI is InChI=1S/C11H26N2O/c1-5-12-8-7-11(3)13(6-2)9-10-14-4/h11-12H,5-10H2,1-4H3. The highest BCUT2D eigenvalue weighted by Gasteiger charge is 2.10. The Morgan fingerprint density at radius 1 is 1.36 bits per heavy atom. The van der Waals surface area contributed by atoms with E-state index >= 15 is 0 Å². The van der Waals surface area contributed by atoms with Gasteiger partial charge in [0.05, 0.1) is 6.61 Å². The average Bonchev–Trinajstić information content (AvgIpc) is 2.19. The number of ether oxygens (including phenoxy) is 1. The molecular formula is C11H26N2O. The van der Waals surface area contributed by atoms with Crippen LogP contribution >= 0.6 is 0 Å². The first kappa shape index (κ1) is 13.9. The van der Waals surface area contributed by atoms with Gasteiger partial charge in [0.15, 0.2) is 0 Å². The van der Waals surface area contributed by atoms with Crippen LogP contribution in [0.25, 0.3) is 0 Å². The second-order valence-corrected chi connectivity index (χ2v) is 3.61.